The van der Waals surface area contributed by atoms with E-state index in [1.54, 1.807) is 12.1 Å². The van der Waals surface area contributed by atoms with Crippen LogP contribution in [0.5, 0.6) is 0 Å². The molecule has 0 N–H and O–H groups in total. The van der Waals surface area contributed by atoms with Crippen LogP contribution >= 0.6 is 0 Å². The van der Waals surface area contributed by atoms with Crippen molar-refractivity contribution in [1.82, 2.24) is 9.78 Å². The monoisotopic (exact) mass is 290 g/mol. The van der Waals surface area contributed by atoms with E-state index in [1.165, 1.54) is 10.2 Å². The second-order valence-corrected chi connectivity index (χ2v) is 5.52. The third-order valence-corrected chi connectivity index (χ3v) is 3.71. The van der Waals surface area contributed by atoms with Crippen molar-refractivity contribution in [2.45, 2.75) is 20.4 Å². The summed E-state index contributed by atoms with van der Waals surface area (Å²) in [6.45, 7) is 4.60. The summed E-state index contributed by atoms with van der Waals surface area (Å²) in [4.78, 5) is 12.1. The summed E-state index contributed by atoms with van der Waals surface area (Å²) in [7, 11) is 0. The Morgan fingerprint density at radius 3 is 2.50 bits per heavy atom. The molecule has 0 aliphatic heterocycles. The number of hydrogen-bond donors (Lipinski definition) is 0. The van der Waals surface area contributed by atoms with Crippen LogP contribution in [0.15, 0.2) is 65.5 Å². The maximum Gasteiger partial charge on any atom is 0.267 e. The Labute approximate surface area is 129 Å². The largest absolute Gasteiger partial charge is 0.268 e. The van der Waals surface area contributed by atoms with Crippen LogP contribution in [0.2, 0.25) is 0 Å². The minimum atomic E-state index is -0.0853. The Morgan fingerprint density at radius 1 is 0.955 bits per heavy atom. The molecule has 3 rings (SSSR count). The van der Waals surface area contributed by atoms with Crippen LogP contribution in [0.1, 0.15) is 16.7 Å². The predicted octanol–water partition coefficient (Wildman–Crippen LogP) is 3.58. The molecule has 2 aromatic carbocycles. The molecule has 3 heteroatoms. The van der Waals surface area contributed by atoms with E-state index >= 15 is 0 Å². The zero-order chi connectivity index (χ0) is 15.5. The minimum Gasteiger partial charge on any atom is -0.268 e. The molecule has 110 valence electrons. The molecule has 3 nitrogen and oxygen atoms in total. The van der Waals surface area contributed by atoms with Gasteiger partial charge in [-0.1, -0.05) is 48.0 Å². The second-order valence-electron chi connectivity index (χ2n) is 5.52. The molecule has 0 fully saturated rings. The summed E-state index contributed by atoms with van der Waals surface area (Å²) < 4.78 is 1.52. The highest BCUT2D eigenvalue weighted by molar-refractivity contribution is 5.63. The second kappa shape index (κ2) is 5.98. The molecular weight excluding hydrogens is 272 g/mol. The van der Waals surface area contributed by atoms with E-state index in [-0.39, 0.29) is 5.56 Å². The van der Waals surface area contributed by atoms with Gasteiger partial charge in [-0.3, -0.25) is 4.79 Å². The van der Waals surface area contributed by atoms with Gasteiger partial charge in [-0.2, -0.15) is 5.10 Å². The van der Waals surface area contributed by atoms with E-state index in [0.717, 1.165) is 22.4 Å². The van der Waals surface area contributed by atoms with Gasteiger partial charge in [-0.05, 0) is 37.1 Å². The van der Waals surface area contributed by atoms with Crippen molar-refractivity contribution in [3.05, 3.63) is 87.7 Å². The Bertz CT molecular complexity index is 851. The summed E-state index contributed by atoms with van der Waals surface area (Å²) in [5.41, 5.74) is 5.22. The summed E-state index contributed by atoms with van der Waals surface area (Å²) in [6, 6.07) is 19.6. The summed E-state index contributed by atoms with van der Waals surface area (Å²) in [5.74, 6) is 0. The maximum absolute atomic E-state index is 12.1. The molecule has 0 aliphatic rings. The molecule has 0 bridgehead atoms. The first-order valence-corrected chi connectivity index (χ1v) is 7.33. The van der Waals surface area contributed by atoms with Gasteiger partial charge in [0.2, 0.25) is 0 Å². The van der Waals surface area contributed by atoms with Crippen LogP contribution in [-0.4, -0.2) is 9.78 Å². The molecule has 22 heavy (non-hydrogen) atoms. The maximum atomic E-state index is 12.1. The standard InChI is InChI=1S/C19H18N2O/c1-14-8-9-15(2)17(12-14)18-10-11-19(22)21(20-18)13-16-6-4-3-5-7-16/h3-12H,13H2,1-2H3. The van der Waals surface area contributed by atoms with E-state index in [9.17, 15) is 4.79 Å². The molecule has 0 saturated heterocycles. The molecular formula is C19H18N2O. The molecule has 0 saturated carbocycles. The molecule has 1 aromatic heterocycles. The Morgan fingerprint density at radius 2 is 1.73 bits per heavy atom. The van der Waals surface area contributed by atoms with E-state index in [1.807, 2.05) is 30.3 Å². The fraction of sp³-hybridized carbons (Fsp3) is 0.158. The fourth-order valence-electron chi connectivity index (χ4n) is 2.47. The van der Waals surface area contributed by atoms with Crippen molar-refractivity contribution in [2.24, 2.45) is 0 Å². The molecule has 0 atom stereocenters. The zero-order valence-electron chi connectivity index (χ0n) is 12.8. The van der Waals surface area contributed by atoms with Crippen LogP contribution in [0.3, 0.4) is 0 Å². The van der Waals surface area contributed by atoms with Crippen molar-refractivity contribution in [3.8, 4) is 11.3 Å². The van der Waals surface area contributed by atoms with Crippen LogP contribution in [0, 0.1) is 13.8 Å². The van der Waals surface area contributed by atoms with Gasteiger partial charge in [0.1, 0.15) is 0 Å². The SMILES string of the molecule is Cc1ccc(C)c(-c2ccc(=O)n(Cc3ccccc3)n2)c1. The first kappa shape index (κ1) is 14.3. The Balaban J connectivity index is 2.03. The van der Waals surface area contributed by atoms with E-state index < -0.39 is 0 Å². The first-order chi connectivity index (χ1) is 10.6. The number of benzene rings is 2. The van der Waals surface area contributed by atoms with Crippen molar-refractivity contribution < 1.29 is 0 Å². The number of nitrogens with zero attached hydrogens (tertiary/aromatic N) is 2. The number of rotatable bonds is 3. The highest BCUT2D eigenvalue weighted by Gasteiger charge is 2.07. The van der Waals surface area contributed by atoms with Gasteiger partial charge in [-0.15, -0.1) is 0 Å². The molecule has 1 heterocycles. The lowest BCUT2D eigenvalue weighted by Gasteiger charge is -2.10. The normalized spacial score (nSPS) is 10.6. The summed E-state index contributed by atoms with van der Waals surface area (Å²) >= 11 is 0. The Kier molecular flexibility index (Phi) is 3.88. The third-order valence-electron chi connectivity index (χ3n) is 3.71. The van der Waals surface area contributed by atoms with Crippen LogP contribution in [0.4, 0.5) is 0 Å². The minimum absolute atomic E-state index is 0.0853. The van der Waals surface area contributed by atoms with Gasteiger partial charge in [0, 0.05) is 11.6 Å². The molecule has 0 aliphatic carbocycles. The number of aryl methyl sites for hydroxylation is 2. The first-order valence-electron chi connectivity index (χ1n) is 7.33. The van der Waals surface area contributed by atoms with Gasteiger partial charge in [0.25, 0.3) is 5.56 Å². The van der Waals surface area contributed by atoms with Crippen molar-refractivity contribution >= 4 is 0 Å². The summed E-state index contributed by atoms with van der Waals surface area (Å²) in [6.07, 6.45) is 0. The fourth-order valence-corrected chi connectivity index (χ4v) is 2.47. The predicted molar refractivity (Wildman–Crippen MR) is 89.0 cm³/mol. The van der Waals surface area contributed by atoms with Gasteiger partial charge in [0.15, 0.2) is 0 Å². The van der Waals surface area contributed by atoms with Gasteiger partial charge in [-0.25, -0.2) is 4.68 Å². The topological polar surface area (TPSA) is 34.9 Å². The lowest BCUT2D eigenvalue weighted by atomic mass is 10.0. The van der Waals surface area contributed by atoms with Crippen LogP contribution in [0.25, 0.3) is 11.3 Å². The van der Waals surface area contributed by atoms with Gasteiger partial charge < -0.3 is 0 Å². The van der Waals surface area contributed by atoms with Gasteiger partial charge in [0.05, 0.1) is 12.2 Å². The van der Waals surface area contributed by atoms with E-state index in [0.29, 0.717) is 6.54 Å². The van der Waals surface area contributed by atoms with Crippen LogP contribution < -0.4 is 5.56 Å². The molecule has 0 amide bonds. The van der Waals surface area contributed by atoms with Crippen molar-refractivity contribution in [3.63, 3.8) is 0 Å². The van der Waals surface area contributed by atoms with Crippen molar-refractivity contribution in [1.29, 1.82) is 0 Å². The summed E-state index contributed by atoms with van der Waals surface area (Å²) in [5, 5.41) is 4.54. The highest BCUT2D eigenvalue weighted by atomic mass is 16.1. The average Bonchev–Trinajstić information content (AvgIpc) is 2.53. The Hall–Kier alpha value is -2.68. The van der Waals surface area contributed by atoms with Crippen molar-refractivity contribution in [2.75, 3.05) is 0 Å². The molecule has 0 spiro atoms. The third kappa shape index (κ3) is 2.98. The molecule has 0 radical (unpaired) electrons. The quantitative estimate of drug-likeness (QED) is 0.739. The smallest absolute Gasteiger partial charge is 0.267 e. The number of hydrogen-bond acceptors (Lipinski definition) is 2. The highest BCUT2D eigenvalue weighted by Crippen LogP contribution is 2.21. The zero-order valence-corrected chi connectivity index (χ0v) is 12.8. The van der Waals surface area contributed by atoms with E-state index in [2.05, 4.69) is 37.1 Å². The molecule has 3 aromatic rings. The lowest BCUT2D eigenvalue weighted by Crippen LogP contribution is -2.22. The average molecular weight is 290 g/mol. The van der Waals surface area contributed by atoms with Gasteiger partial charge >= 0.3 is 0 Å². The van der Waals surface area contributed by atoms with E-state index in [4.69, 9.17) is 0 Å². The lowest BCUT2D eigenvalue weighted by molar-refractivity contribution is 0.642. The van der Waals surface area contributed by atoms with Crippen LogP contribution in [-0.2, 0) is 6.54 Å². The molecule has 0 unspecified atom stereocenters. The number of aromatic nitrogens is 2.